The van der Waals surface area contributed by atoms with Crippen LogP contribution in [-0.2, 0) is 0 Å². The maximum Gasteiger partial charge on any atom is 0.573 e. The maximum atomic E-state index is 12.1. The minimum absolute atomic E-state index is 0.220. The molecule has 0 aliphatic carbocycles. The topological polar surface area (TPSA) is 45.3 Å². The highest BCUT2D eigenvalue weighted by Gasteiger charge is 2.30. The highest BCUT2D eigenvalue weighted by atomic mass is 79.9. The first-order valence-corrected chi connectivity index (χ1v) is 8.07. The van der Waals surface area contributed by atoms with Gasteiger partial charge in [-0.2, -0.15) is 0 Å². The average molecular weight is 432 g/mol. The Labute approximate surface area is 156 Å². The molecule has 4 nitrogen and oxygen atoms in total. The van der Waals surface area contributed by atoms with Crippen molar-refractivity contribution < 1.29 is 17.9 Å². The fourth-order valence-electron chi connectivity index (χ4n) is 1.81. The molecule has 0 aliphatic rings. The summed E-state index contributed by atoms with van der Waals surface area (Å²) in [5.41, 5.74) is 7.54. The fourth-order valence-corrected chi connectivity index (χ4v) is 2.50. The van der Waals surface area contributed by atoms with Crippen molar-refractivity contribution in [1.29, 1.82) is 0 Å². The number of rotatable bonds is 5. The molecule has 0 atom stereocenters. The first-order valence-electron chi connectivity index (χ1n) is 6.87. The molecule has 0 fully saturated rings. The van der Waals surface area contributed by atoms with Crippen LogP contribution in [0.15, 0.2) is 59.6 Å². The number of hydrazine groups is 1. The van der Waals surface area contributed by atoms with Crippen molar-refractivity contribution in [2.45, 2.75) is 6.36 Å². The fraction of sp³-hybridized carbons (Fsp3) is 0.0625. The number of halogens is 4. The third-order valence-corrected chi connectivity index (χ3v) is 3.77. The Morgan fingerprint density at radius 1 is 1.04 bits per heavy atom. The van der Waals surface area contributed by atoms with Crippen LogP contribution in [0.25, 0.3) is 5.70 Å². The molecule has 3 N–H and O–H groups in total. The summed E-state index contributed by atoms with van der Waals surface area (Å²) in [6, 6.07) is 12.7. The van der Waals surface area contributed by atoms with Crippen molar-refractivity contribution in [3.8, 4) is 5.75 Å². The molecule has 0 aliphatic heterocycles. The summed E-state index contributed by atoms with van der Waals surface area (Å²) in [6.07, 6.45) is -4.72. The molecule has 2 rings (SSSR count). The molecule has 2 aromatic rings. The molecule has 132 valence electrons. The second-order valence-electron chi connectivity index (χ2n) is 4.73. The first kappa shape index (κ1) is 19.1. The van der Waals surface area contributed by atoms with Crippen LogP contribution in [-0.4, -0.2) is 11.5 Å². The molecule has 0 spiro atoms. The average Bonchev–Trinajstić information content (AvgIpc) is 2.53. The van der Waals surface area contributed by atoms with Crippen molar-refractivity contribution in [2.24, 2.45) is 0 Å². The van der Waals surface area contributed by atoms with Crippen molar-refractivity contribution >= 4 is 44.6 Å². The largest absolute Gasteiger partial charge is 0.573 e. The number of benzene rings is 2. The quantitative estimate of drug-likeness (QED) is 0.468. The van der Waals surface area contributed by atoms with E-state index in [1.807, 2.05) is 24.3 Å². The zero-order valence-electron chi connectivity index (χ0n) is 12.7. The monoisotopic (exact) mass is 431 g/mol. The molecule has 25 heavy (non-hydrogen) atoms. The summed E-state index contributed by atoms with van der Waals surface area (Å²) in [7, 11) is 0. The summed E-state index contributed by atoms with van der Waals surface area (Å²) < 4.78 is 41.0. The lowest BCUT2D eigenvalue weighted by molar-refractivity contribution is -0.274. The Kier molecular flexibility index (Phi) is 6.27. The first-order chi connectivity index (χ1) is 11.7. The molecule has 0 radical (unpaired) electrons. The molecule has 2 aromatic carbocycles. The van der Waals surface area contributed by atoms with E-state index in [2.05, 4.69) is 43.4 Å². The molecule has 0 amide bonds. The normalized spacial score (nSPS) is 10.7. The Hall–Kier alpha value is -2.26. The Morgan fingerprint density at radius 2 is 1.68 bits per heavy atom. The smallest absolute Gasteiger partial charge is 0.406 e. The Balaban J connectivity index is 1.86. The van der Waals surface area contributed by atoms with Gasteiger partial charge in [-0.05, 0) is 42.5 Å². The lowest BCUT2D eigenvalue weighted by atomic mass is 10.2. The van der Waals surface area contributed by atoms with E-state index in [1.165, 1.54) is 24.3 Å². The van der Waals surface area contributed by atoms with Gasteiger partial charge in [-0.1, -0.05) is 40.7 Å². The molecule has 0 saturated heterocycles. The molecule has 9 heteroatoms. The molecular formula is C16H13BrF3N3OS. The maximum absolute atomic E-state index is 12.1. The van der Waals surface area contributed by atoms with E-state index in [0.717, 1.165) is 10.0 Å². The van der Waals surface area contributed by atoms with Crippen LogP contribution in [0.1, 0.15) is 5.56 Å². The van der Waals surface area contributed by atoms with Crippen LogP contribution in [0.5, 0.6) is 5.75 Å². The molecular weight excluding hydrogens is 419 g/mol. The van der Waals surface area contributed by atoms with Gasteiger partial charge in [0.1, 0.15) is 5.75 Å². The van der Waals surface area contributed by atoms with Crippen molar-refractivity contribution in [3.63, 3.8) is 0 Å². The third-order valence-electron chi connectivity index (χ3n) is 2.87. The van der Waals surface area contributed by atoms with Crippen LogP contribution in [0.3, 0.4) is 0 Å². The van der Waals surface area contributed by atoms with Crippen LogP contribution in [0.2, 0.25) is 0 Å². The van der Waals surface area contributed by atoms with E-state index in [9.17, 15) is 13.2 Å². The van der Waals surface area contributed by atoms with E-state index in [4.69, 9.17) is 12.2 Å². The minimum atomic E-state index is -4.72. The predicted octanol–water partition coefficient (Wildman–Crippen LogP) is 4.81. The SMILES string of the molecule is C=C(NNC(=S)Nc1ccc(OC(F)(F)F)cc1)c1ccccc1Br. The number of alkyl halides is 3. The van der Waals surface area contributed by atoms with E-state index in [0.29, 0.717) is 11.4 Å². The van der Waals surface area contributed by atoms with Crippen molar-refractivity contribution in [2.75, 3.05) is 5.32 Å². The third kappa shape index (κ3) is 6.28. The molecule has 0 saturated carbocycles. The van der Waals surface area contributed by atoms with Gasteiger partial charge in [0.05, 0.1) is 5.70 Å². The van der Waals surface area contributed by atoms with E-state index >= 15 is 0 Å². The van der Waals surface area contributed by atoms with Gasteiger partial charge < -0.3 is 10.1 Å². The van der Waals surface area contributed by atoms with Gasteiger partial charge in [-0.3, -0.25) is 10.9 Å². The van der Waals surface area contributed by atoms with Crippen LogP contribution < -0.4 is 20.9 Å². The highest BCUT2D eigenvalue weighted by molar-refractivity contribution is 9.10. The zero-order valence-corrected chi connectivity index (χ0v) is 15.1. The van der Waals surface area contributed by atoms with Gasteiger partial charge in [-0.25, -0.2) is 0 Å². The van der Waals surface area contributed by atoms with E-state index in [1.54, 1.807) is 0 Å². The lowest BCUT2D eigenvalue weighted by Gasteiger charge is -2.15. The van der Waals surface area contributed by atoms with Crippen molar-refractivity contribution in [1.82, 2.24) is 10.9 Å². The van der Waals surface area contributed by atoms with E-state index in [-0.39, 0.29) is 10.9 Å². The van der Waals surface area contributed by atoms with Crippen LogP contribution in [0.4, 0.5) is 18.9 Å². The summed E-state index contributed by atoms with van der Waals surface area (Å²) in [6.45, 7) is 3.90. The Bertz CT molecular complexity index is 766. The number of ether oxygens (including phenoxy) is 1. The number of nitrogens with one attached hydrogen (secondary N) is 3. The highest BCUT2D eigenvalue weighted by Crippen LogP contribution is 2.24. The van der Waals surface area contributed by atoms with Gasteiger partial charge in [0.2, 0.25) is 0 Å². The summed E-state index contributed by atoms with van der Waals surface area (Å²) in [5.74, 6) is -0.308. The van der Waals surface area contributed by atoms with Gasteiger partial charge in [0, 0.05) is 15.7 Å². The van der Waals surface area contributed by atoms with Crippen LogP contribution in [0, 0.1) is 0 Å². The minimum Gasteiger partial charge on any atom is -0.406 e. The lowest BCUT2D eigenvalue weighted by Crippen LogP contribution is -2.38. The second kappa shape index (κ2) is 8.21. The van der Waals surface area contributed by atoms with Crippen molar-refractivity contribution in [3.05, 3.63) is 65.1 Å². The second-order valence-corrected chi connectivity index (χ2v) is 6.00. The van der Waals surface area contributed by atoms with Gasteiger partial charge in [0.15, 0.2) is 5.11 Å². The van der Waals surface area contributed by atoms with Gasteiger partial charge >= 0.3 is 6.36 Å². The van der Waals surface area contributed by atoms with Gasteiger partial charge in [0.25, 0.3) is 0 Å². The number of thiocarbonyl (C=S) groups is 1. The number of anilines is 1. The molecule has 0 aromatic heterocycles. The van der Waals surface area contributed by atoms with Gasteiger partial charge in [-0.15, -0.1) is 13.2 Å². The predicted molar refractivity (Wildman–Crippen MR) is 98.8 cm³/mol. The standard InChI is InChI=1S/C16H13BrF3N3OS/c1-10(13-4-2-3-5-14(13)17)22-23-15(25)21-11-6-8-12(9-7-11)24-16(18,19)20/h2-9,22H,1H2,(H2,21,23,25). The van der Waals surface area contributed by atoms with E-state index < -0.39 is 6.36 Å². The summed E-state index contributed by atoms with van der Waals surface area (Å²) in [5, 5.41) is 3.04. The number of hydrogen-bond acceptors (Lipinski definition) is 3. The van der Waals surface area contributed by atoms with Crippen LogP contribution >= 0.6 is 28.1 Å². The molecule has 0 bridgehead atoms. The summed E-state index contributed by atoms with van der Waals surface area (Å²) >= 11 is 8.53. The molecule has 0 heterocycles. The Morgan fingerprint density at radius 3 is 2.28 bits per heavy atom. The number of hydrogen-bond donors (Lipinski definition) is 3. The molecule has 0 unspecified atom stereocenters. The summed E-state index contributed by atoms with van der Waals surface area (Å²) in [4.78, 5) is 0. The zero-order chi connectivity index (χ0) is 18.4.